The summed E-state index contributed by atoms with van der Waals surface area (Å²) >= 11 is 1.72. The number of hydrogen-bond acceptors (Lipinski definition) is 4. The summed E-state index contributed by atoms with van der Waals surface area (Å²) in [5, 5.41) is 7.78. The number of hydrogen-bond donors (Lipinski definition) is 2. The Bertz CT molecular complexity index is 669. The van der Waals surface area contributed by atoms with E-state index in [1.807, 2.05) is 26.2 Å². The normalized spacial score (nSPS) is 11.1. The van der Waals surface area contributed by atoms with E-state index in [2.05, 4.69) is 45.5 Å². The van der Waals surface area contributed by atoms with Crippen LogP contribution < -0.4 is 10.6 Å². The first-order chi connectivity index (χ1) is 11.1. The molecule has 2 N–H and O–H groups in total. The average Bonchev–Trinajstić information content (AvgIpc) is 2.84. The van der Waals surface area contributed by atoms with Gasteiger partial charge in [-0.1, -0.05) is 0 Å². The van der Waals surface area contributed by atoms with Gasteiger partial charge in [0.1, 0.15) is 0 Å². The van der Waals surface area contributed by atoms with E-state index in [-0.39, 0.29) is 24.0 Å². The Balaban J connectivity index is 0.00000288. The third-order valence-electron chi connectivity index (χ3n) is 3.55. The van der Waals surface area contributed by atoms with Crippen LogP contribution in [0.25, 0.3) is 0 Å². The second-order valence-corrected chi connectivity index (χ2v) is 6.70. The van der Waals surface area contributed by atoms with Gasteiger partial charge in [-0.05, 0) is 51.3 Å². The fourth-order valence-electron chi connectivity index (χ4n) is 2.31. The number of aryl methyl sites for hydroxylation is 3. The van der Waals surface area contributed by atoms with Crippen LogP contribution in [0.3, 0.4) is 0 Å². The molecule has 0 saturated heterocycles. The molecule has 0 aliphatic rings. The van der Waals surface area contributed by atoms with Gasteiger partial charge in [-0.3, -0.25) is 4.98 Å². The third kappa shape index (κ3) is 6.35. The van der Waals surface area contributed by atoms with Crippen molar-refractivity contribution in [2.75, 3.05) is 13.1 Å². The number of rotatable bonds is 6. The van der Waals surface area contributed by atoms with Gasteiger partial charge in [0.05, 0.1) is 17.2 Å². The van der Waals surface area contributed by atoms with Gasteiger partial charge >= 0.3 is 0 Å². The molecule has 0 atom stereocenters. The van der Waals surface area contributed by atoms with Crippen molar-refractivity contribution < 1.29 is 0 Å². The van der Waals surface area contributed by atoms with Gasteiger partial charge in [0.2, 0.25) is 0 Å². The molecule has 0 aliphatic carbocycles. The minimum absolute atomic E-state index is 0. The van der Waals surface area contributed by atoms with Crippen LogP contribution in [0, 0.1) is 20.8 Å². The molecule has 2 rings (SSSR count). The lowest BCUT2D eigenvalue weighted by Gasteiger charge is -2.12. The molecule has 0 fully saturated rings. The van der Waals surface area contributed by atoms with E-state index in [0.717, 1.165) is 36.2 Å². The zero-order valence-corrected chi connectivity index (χ0v) is 17.9. The van der Waals surface area contributed by atoms with E-state index in [1.165, 1.54) is 16.0 Å². The van der Waals surface area contributed by atoms with E-state index in [0.29, 0.717) is 6.54 Å². The first-order valence-electron chi connectivity index (χ1n) is 7.94. The van der Waals surface area contributed by atoms with Gasteiger partial charge in [0.25, 0.3) is 0 Å². The van der Waals surface area contributed by atoms with Crippen molar-refractivity contribution in [3.8, 4) is 0 Å². The zero-order chi connectivity index (χ0) is 16.7. The first kappa shape index (κ1) is 20.8. The molecule has 0 amide bonds. The fraction of sp³-hybridized carbons (Fsp3) is 0.471. The predicted octanol–water partition coefficient (Wildman–Crippen LogP) is 3.38. The van der Waals surface area contributed by atoms with Crippen molar-refractivity contribution in [2.24, 2.45) is 4.99 Å². The van der Waals surface area contributed by atoms with Crippen LogP contribution >= 0.6 is 35.3 Å². The Labute approximate surface area is 165 Å². The number of thiazole rings is 1. The molecule has 2 heterocycles. The molecule has 7 heteroatoms. The zero-order valence-electron chi connectivity index (χ0n) is 14.7. The maximum atomic E-state index is 4.66. The van der Waals surface area contributed by atoms with E-state index in [4.69, 9.17) is 0 Å². The van der Waals surface area contributed by atoms with E-state index < -0.39 is 0 Å². The number of pyridine rings is 1. The summed E-state index contributed by atoms with van der Waals surface area (Å²) < 4.78 is 0. The molecule has 132 valence electrons. The van der Waals surface area contributed by atoms with Crippen LogP contribution in [0.1, 0.15) is 33.6 Å². The Hall–Kier alpha value is -1.22. The summed E-state index contributed by atoms with van der Waals surface area (Å²) in [6, 6.07) is 2.07. The molecule has 2 aromatic rings. The maximum Gasteiger partial charge on any atom is 0.191 e. The summed E-state index contributed by atoms with van der Waals surface area (Å²) in [6.07, 6.45) is 4.71. The highest BCUT2D eigenvalue weighted by Crippen LogP contribution is 2.17. The maximum absolute atomic E-state index is 4.66. The van der Waals surface area contributed by atoms with E-state index >= 15 is 0 Å². The van der Waals surface area contributed by atoms with Crippen molar-refractivity contribution in [3.63, 3.8) is 0 Å². The molecule has 0 unspecified atom stereocenters. The molecule has 0 aromatic carbocycles. The number of aromatic nitrogens is 2. The molecule has 0 radical (unpaired) electrons. The molecule has 2 aromatic heterocycles. The van der Waals surface area contributed by atoms with Crippen LogP contribution in [0.15, 0.2) is 23.5 Å². The fourth-order valence-corrected chi connectivity index (χ4v) is 3.17. The molecular weight excluding hydrogens is 433 g/mol. The smallest absolute Gasteiger partial charge is 0.191 e. The SMILES string of the molecule is CCNC(=NCc1sc(C)nc1C)NCCc1ccncc1C.I. The van der Waals surface area contributed by atoms with Crippen LogP contribution in [-0.4, -0.2) is 29.0 Å². The Morgan fingerprint density at radius 2 is 2.04 bits per heavy atom. The minimum Gasteiger partial charge on any atom is -0.357 e. The summed E-state index contributed by atoms with van der Waals surface area (Å²) in [7, 11) is 0. The van der Waals surface area contributed by atoms with Crippen molar-refractivity contribution >= 4 is 41.3 Å². The third-order valence-corrected chi connectivity index (χ3v) is 4.61. The van der Waals surface area contributed by atoms with E-state index in [9.17, 15) is 0 Å². The summed E-state index contributed by atoms with van der Waals surface area (Å²) in [5.74, 6) is 0.852. The number of halogens is 1. The molecular formula is C17H26IN5S. The number of aliphatic imine (C=N–C) groups is 1. The van der Waals surface area contributed by atoms with Gasteiger partial charge in [-0.25, -0.2) is 9.98 Å². The Morgan fingerprint density at radius 3 is 2.67 bits per heavy atom. The van der Waals surface area contributed by atoms with E-state index in [1.54, 1.807) is 11.3 Å². The Morgan fingerprint density at radius 1 is 1.25 bits per heavy atom. The number of guanidine groups is 1. The monoisotopic (exact) mass is 459 g/mol. The highest BCUT2D eigenvalue weighted by atomic mass is 127. The van der Waals surface area contributed by atoms with Gasteiger partial charge in [-0.2, -0.15) is 0 Å². The lowest BCUT2D eigenvalue weighted by atomic mass is 10.1. The quantitative estimate of drug-likeness (QED) is 0.395. The van der Waals surface area contributed by atoms with Crippen molar-refractivity contribution in [3.05, 3.63) is 45.2 Å². The molecule has 5 nitrogen and oxygen atoms in total. The van der Waals surface area contributed by atoms with Crippen molar-refractivity contribution in [1.82, 2.24) is 20.6 Å². The van der Waals surface area contributed by atoms with Gasteiger partial charge in [-0.15, -0.1) is 35.3 Å². The van der Waals surface area contributed by atoms with Gasteiger partial charge < -0.3 is 10.6 Å². The second kappa shape index (κ2) is 10.6. The summed E-state index contributed by atoms with van der Waals surface area (Å²) in [4.78, 5) is 14.5. The highest BCUT2D eigenvalue weighted by Gasteiger charge is 2.05. The predicted molar refractivity (Wildman–Crippen MR) is 112 cm³/mol. The number of nitrogens with one attached hydrogen (secondary N) is 2. The molecule has 0 spiro atoms. The molecule has 0 saturated carbocycles. The van der Waals surface area contributed by atoms with Gasteiger partial charge in [0.15, 0.2) is 5.96 Å². The van der Waals surface area contributed by atoms with Crippen LogP contribution in [0.4, 0.5) is 0 Å². The molecule has 0 aliphatic heterocycles. The minimum atomic E-state index is 0. The Kier molecular flexibility index (Phi) is 9.20. The van der Waals surface area contributed by atoms with Crippen molar-refractivity contribution in [2.45, 2.75) is 40.7 Å². The average molecular weight is 459 g/mol. The standard InChI is InChI=1S/C17H25N5S.HI/c1-5-19-17(21-11-16-13(3)22-14(4)23-16)20-9-7-15-6-8-18-10-12(15)2;/h6,8,10H,5,7,9,11H2,1-4H3,(H2,19,20,21);1H. The highest BCUT2D eigenvalue weighted by molar-refractivity contribution is 14.0. The van der Waals surface area contributed by atoms with Crippen LogP contribution in [0.2, 0.25) is 0 Å². The topological polar surface area (TPSA) is 62.2 Å². The first-order valence-corrected chi connectivity index (χ1v) is 8.76. The van der Waals surface area contributed by atoms with Gasteiger partial charge in [0, 0.05) is 30.4 Å². The lowest BCUT2D eigenvalue weighted by Crippen LogP contribution is -2.38. The molecule has 0 bridgehead atoms. The summed E-state index contributed by atoms with van der Waals surface area (Å²) in [5.41, 5.74) is 3.63. The largest absolute Gasteiger partial charge is 0.357 e. The van der Waals surface area contributed by atoms with Crippen LogP contribution in [0.5, 0.6) is 0 Å². The number of nitrogens with zero attached hydrogens (tertiary/aromatic N) is 3. The summed E-state index contributed by atoms with van der Waals surface area (Å²) in [6.45, 7) is 10.6. The molecule has 24 heavy (non-hydrogen) atoms. The lowest BCUT2D eigenvalue weighted by molar-refractivity contribution is 0.797. The van der Waals surface area contributed by atoms with Crippen molar-refractivity contribution in [1.29, 1.82) is 0 Å². The van der Waals surface area contributed by atoms with Crippen LogP contribution in [-0.2, 0) is 13.0 Å². The second-order valence-electron chi connectivity index (χ2n) is 5.42.